The van der Waals surface area contributed by atoms with Crippen molar-refractivity contribution in [3.63, 3.8) is 0 Å². The number of ether oxygens (including phenoxy) is 1. The first-order valence-electron chi connectivity index (χ1n) is 6.59. The molecule has 0 bridgehead atoms. The van der Waals surface area contributed by atoms with Gasteiger partial charge in [-0.2, -0.15) is 0 Å². The number of aromatic amines is 1. The highest BCUT2D eigenvalue weighted by Gasteiger charge is 2.19. The smallest absolute Gasteiger partial charge is 0.254 e. The third kappa shape index (κ3) is 2.74. The van der Waals surface area contributed by atoms with Gasteiger partial charge in [-0.1, -0.05) is 20.8 Å². The molecule has 0 aliphatic carbocycles. The van der Waals surface area contributed by atoms with Crippen LogP contribution in [0.5, 0.6) is 5.75 Å². The van der Waals surface area contributed by atoms with Gasteiger partial charge < -0.3 is 9.72 Å². The van der Waals surface area contributed by atoms with E-state index in [4.69, 9.17) is 4.74 Å². The zero-order valence-electron chi connectivity index (χ0n) is 12.6. The average molecular weight is 272 g/mol. The number of nitrogens with one attached hydrogen (secondary N) is 1. The van der Waals surface area contributed by atoms with Crippen molar-refractivity contribution in [2.45, 2.75) is 33.1 Å². The van der Waals surface area contributed by atoms with Crippen LogP contribution in [0.3, 0.4) is 0 Å². The fraction of sp³-hybridized carbons (Fsp3) is 0.375. The fourth-order valence-electron chi connectivity index (χ4n) is 1.92. The van der Waals surface area contributed by atoms with Crippen LogP contribution < -0.4 is 10.3 Å². The summed E-state index contributed by atoms with van der Waals surface area (Å²) >= 11 is 0. The molecule has 0 atom stereocenters. The number of H-pyrrole nitrogens is 1. The Kier molecular flexibility index (Phi) is 3.66. The largest absolute Gasteiger partial charge is 0.497 e. The maximum absolute atomic E-state index is 12.1. The number of nitrogens with zero attached hydrogens (tertiary/aromatic N) is 1. The molecule has 2 rings (SSSR count). The van der Waals surface area contributed by atoms with Gasteiger partial charge in [0.25, 0.3) is 5.56 Å². The van der Waals surface area contributed by atoms with Crippen molar-refractivity contribution in [3.05, 3.63) is 46.0 Å². The fourth-order valence-corrected chi connectivity index (χ4v) is 1.92. The van der Waals surface area contributed by atoms with Crippen LogP contribution >= 0.6 is 0 Å². The Balaban J connectivity index is 2.60. The van der Waals surface area contributed by atoms with Gasteiger partial charge in [-0.15, -0.1) is 0 Å². The second-order valence-corrected chi connectivity index (χ2v) is 5.87. The first-order valence-corrected chi connectivity index (χ1v) is 6.59. The first kappa shape index (κ1) is 14.3. The average Bonchev–Trinajstić information content (AvgIpc) is 2.40. The van der Waals surface area contributed by atoms with Crippen LogP contribution in [0.4, 0.5) is 0 Å². The highest BCUT2D eigenvalue weighted by atomic mass is 16.5. The molecule has 0 aliphatic heterocycles. The first-order chi connectivity index (χ1) is 9.32. The number of benzene rings is 1. The van der Waals surface area contributed by atoms with E-state index in [1.165, 1.54) is 0 Å². The summed E-state index contributed by atoms with van der Waals surface area (Å²) in [6.07, 6.45) is 0. The van der Waals surface area contributed by atoms with E-state index in [0.29, 0.717) is 11.4 Å². The summed E-state index contributed by atoms with van der Waals surface area (Å²) < 4.78 is 5.15. The number of hydrogen-bond acceptors (Lipinski definition) is 3. The van der Waals surface area contributed by atoms with Crippen molar-refractivity contribution in [1.29, 1.82) is 0 Å². The SMILES string of the molecule is COc1ccc(-c2nc(C(C)(C)C)[nH]c(=O)c2C)cc1. The lowest BCUT2D eigenvalue weighted by Crippen LogP contribution is -2.24. The van der Waals surface area contributed by atoms with Gasteiger partial charge in [0.2, 0.25) is 0 Å². The van der Waals surface area contributed by atoms with E-state index < -0.39 is 0 Å². The Morgan fingerprint density at radius 2 is 1.75 bits per heavy atom. The molecule has 0 aliphatic rings. The van der Waals surface area contributed by atoms with Gasteiger partial charge in [-0.05, 0) is 31.2 Å². The third-order valence-electron chi connectivity index (χ3n) is 3.23. The number of rotatable bonds is 2. The highest BCUT2D eigenvalue weighted by Crippen LogP contribution is 2.25. The van der Waals surface area contributed by atoms with E-state index in [1.54, 1.807) is 14.0 Å². The minimum atomic E-state index is -0.200. The third-order valence-corrected chi connectivity index (χ3v) is 3.23. The molecule has 1 heterocycles. The number of hydrogen-bond donors (Lipinski definition) is 1. The molecule has 0 spiro atoms. The topological polar surface area (TPSA) is 55.0 Å². The van der Waals surface area contributed by atoms with Gasteiger partial charge in [0.15, 0.2) is 0 Å². The highest BCUT2D eigenvalue weighted by molar-refractivity contribution is 5.63. The minimum Gasteiger partial charge on any atom is -0.497 e. The molecule has 0 amide bonds. The van der Waals surface area contributed by atoms with E-state index in [-0.39, 0.29) is 11.0 Å². The van der Waals surface area contributed by atoms with Crippen molar-refractivity contribution in [1.82, 2.24) is 9.97 Å². The summed E-state index contributed by atoms with van der Waals surface area (Å²) in [4.78, 5) is 19.6. The molecule has 20 heavy (non-hydrogen) atoms. The van der Waals surface area contributed by atoms with E-state index >= 15 is 0 Å². The molecule has 106 valence electrons. The molecule has 0 saturated heterocycles. The lowest BCUT2D eigenvalue weighted by Gasteiger charge is -2.18. The van der Waals surface area contributed by atoms with Crippen LogP contribution in [0.2, 0.25) is 0 Å². The number of methoxy groups -OCH3 is 1. The normalized spacial score (nSPS) is 11.4. The van der Waals surface area contributed by atoms with Crippen molar-refractivity contribution in [3.8, 4) is 17.0 Å². The molecule has 1 aromatic heterocycles. The summed E-state index contributed by atoms with van der Waals surface area (Å²) in [7, 11) is 1.63. The number of aromatic nitrogens is 2. The van der Waals surface area contributed by atoms with Crippen molar-refractivity contribution in [2.24, 2.45) is 0 Å². The lowest BCUT2D eigenvalue weighted by atomic mass is 9.95. The predicted molar refractivity (Wildman–Crippen MR) is 80.3 cm³/mol. The molecule has 2 aromatic rings. The molecule has 0 unspecified atom stereocenters. The van der Waals surface area contributed by atoms with Crippen molar-refractivity contribution >= 4 is 0 Å². The van der Waals surface area contributed by atoms with Crippen LogP contribution in [0.25, 0.3) is 11.3 Å². The quantitative estimate of drug-likeness (QED) is 0.914. The Bertz CT molecular complexity index is 664. The predicted octanol–water partition coefficient (Wildman–Crippen LogP) is 3.05. The van der Waals surface area contributed by atoms with Gasteiger partial charge in [0.1, 0.15) is 11.6 Å². The van der Waals surface area contributed by atoms with Crippen LogP contribution in [-0.4, -0.2) is 17.1 Å². The zero-order chi connectivity index (χ0) is 14.9. The molecule has 0 saturated carbocycles. The standard InChI is InChI=1S/C16H20N2O2/c1-10-13(11-6-8-12(20-5)9-7-11)17-15(16(2,3)4)18-14(10)19/h6-9H,1-5H3,(H,17,18,19). The molecule has 1 N–H and O–H groups in total. The maximum atomic E-state index is 12.1. The Hall–Kier alpha value is -2.10. The monoisotopic (exact) mass is 272 g/mol. The Labute approximate surface area is 118 Å². The van der Waals surface area contributed by atoms with Crippen LogP contribution in [0.15, 0.2) is 29.1 Å². The summed E-state index contributed by atoms with van der Waals surface area (Å²) in [5.41, 5.74) is 1.98. The maximum Gasteiger partial charge on any atom is 0.254 e. The van der Waals surface area contributed by atoms with Crippen molar-refractivity contribution in [2.75, 3.05) is 7.11 Å². The molecule has 0 fully saturated rings. The van der Waals surface area contributed by atoms with Crippen molar-refractivity contribution < 1.29 is 4.74 Å². The van der Waals surface area contributed by atoms with Gasteiger partial charge in [-0.25, -0.2) is 4.98 Å². The molecule has 4 heteroatoms. The molecular weight excluding hydrogens is 252 g/mol. The van der Waals surface area contributed by atoms with Gasteiger partial charge in [0.05, 0.1) is 12.8 Å². The van der Waals surface area contributed by atoms with E-state index in [9.17, 15) is 4.79 Å². The summed E-state index contributed by atoms with van der Waals surface area (Å²) in [6, 6.07) is 7.57. The van der Waals surface area contributed by atoms with Crippen LogP contribution in [0, 0.1) is 6.92 Å². The second-order valence-electron chi connectivity index (χ2n) is 5.87. The summed E-state index contributed by atoms with van der Waals surface area (Å²) in [6.45, 7) is 7.87. The molecule has 4 nitrogen and oxygen atoms in total. The van der Waals surface area contributed by atoms with E-state index in [1.807, 2.05) is 45.0 Å². The molecule has 0 radical (unpaired) electrons. The van der Waals surface area contributed by atoms with Gasteiger partial charge in [0, 0.05) is 16.5 Å². The van der Waals surface area contributed by atoms with Gasteiger partial charge >= 0.3 is 0 Å². The van der Waals surface area contributed by atoms with Crippen LogP contribution in [-0.2, 0) is 5.41 Å². The second kappa shape index (κ2) is 5.12. The van der Waals surface area contributed by atoms with E-state index in [0.717, 1.165) is 17.0 Å². The Morgan fingerprint density at radius 3 is 2.25 bits per heavy atom. The summed E-state index contributed by atoms with van der Waals surface area (Å²) in [5, 5.41) is 0. The minimum absolute atomic E-state index is 0.0873. The van der Waals surface area contributed by atoms with Gasteiger partial charge in [-0.3, -0.25) is 4.79 Å². The lowest BCUT2D eigenvalue weighted by molar-refractivity contribution is 0.415. The molecule has 1 aromatic carbocycles. The summed E-state index contributed by atoms with van der Waals surface area (Å²) in [5.74, 6) is 1.48. The van der Waals surface area contributed by atoms with E-state index in [2.05, 4.69) is 9.97 Å². The zero-order valence-corrected chi connectivity index (χ0v) is 12.6. The Morgan fingerprint density at radius 1 is 1.15 bits per heavy atom. The van der Waals surface area contributed by atoms with Crippen LogP contribution in [0.1, 0.15) is 32.2 Å². The molecular formula is C16H20N2O2.